The molecule has 12 aromatic carbocycles. The summed E-state index contributed by atoms with van der Waals surface area (Å²) in [5.74, 6) is 0. The highest BCUT2D eigenvalue weighted by atomic mass is 16.3. The van der Waals surface area contributed by atoms with Crippen molar-refractivity contribution < 1.29 is 4.42 Å². The van der Waals surface area contributed by atoms with Gasteiger partial charge in [-0.3, -0.25) is 0 Å². The van der Waals surface area contributed by atoms with Crippen LogP contribution in [0.2, 0.25) is 0 Å². The SMILES string of the molecule is Bc1c(B)c(B)c(-c2c3ccccc3c(-c3cccc4oc5c(-c6c7ccccc7c(-c7ccc(-n8c9ccccc9c9ccccc98)cc7)c7ccccc67)cccc5c34)c3ccccc23)c(B)c1B. The first-order valence-corrected chi connectivity index (χ1v) is 24.9. The molecule has 0 spiro atoms. The van der Waals surface area contributed by atoms with Crippen molar-refractivity contribution in [3.63, 3.8) is 0 Å². The number of nitrogens with zero attached hydrogens (tertiary/aromatic N) is 1. The lowest BCUT2D eigenvalue weighted by Gasteiger charge is -2.24. The summed E-state index contributed by atoms with van der Waals surface area (Å²) in [5, 5.41) is 14.6. The molecule has 7 heteroatoms. The summed E-state index contributed by atoms with van der Waals surface area (Å²) in [7, 11) is 11.4. The van der Waals surface area contributed by atoms with E-state index < -0.39 is 0 Å². The summed E-state index contributed by atoms with van der Waals surface area (Å²) in [5.41, 5.74) is 21.9. The maximum atomic E-state index is 7.21. The lowest BCUT2D eigenvalue weighted by atomic mass is 9.59. The molecule has 2 heterocycles. The number of benzene rings is 12. The maximum Gasteiger partial charge on any atom is 0.143 e. The highest BCUT2D eigenvalue weighted by molar-refractivity contribution is 6.69. The Morgan fingerprint density at radius 3 is 1.17 bits per heavy atom. The van der Waals surface area contributed by atoms with E-state index in [0.29, 0.717) is 0 Å². The Labute approximate surface area is 416 Å². The Kier molecular flexibility index (Phi) is 9.26. The van der Waals surface area contributed by atoms with Crippen LogP contribution in [-0.4, -0.2) is 43.8 Å². The Bertz CT molecular complexity index is 4390. The molecule has 0 saturated heterocycles. The van der Waals surface area contributed by atoms with Gasteiger partial charge in [0.2, 0.25) is 0 Å². The van der Waals surface area contributed by atoms with E-state index in [0.717, 1.165) is 33.2 Å². The predicted octanol–water partition coefficient (Wildman–Crippen LogP) is 9.26. The van der Waals surface area contributed by atoms with E-state index in [1.165, 1.54) is 131 Å². The minimum absolute atomic E-state index is 0.882. The van der Waals surface area contributed by atoms with Crippen LogP contribution < -0.4 is 27.3 Å². The Morgan fingerprint density at radius 2 is 0.662 bits per heavy atom. The second kappa shape index (κ2) is 15.8. The van der Waals surface area contributed by atoms with Crippen LogP contribution >= 0.6 is 0 Å². The van der Waals surface area contributed by atoms with Gasteiger partial charge in [-0.05, 0) is 107 Å². The molecular formula is C64H44B5NO. The molecule has 0 aliphatic heterocycles. The molecule has 71 heavy (non-hydrogen) atoms. The summed E-state index contributed by atoms with van der Waals surface area (Å²) in [6.07, 6.45) is 0. The number of para-hydroxylation sites is 3. The van der Waals surface area contributed by atoms with Crippen LogP contribution in [0.1, 0.15) is 0 Å². The van der Waals surface area contributed by atoms with Crippen LogP contribution in [0, 0.1) is 0 Å². The zero-order valence-electron chi connectivity index (χ0n) is 40.5. The third-order valence-corrected chi connectivity index (χ3v) is 16.2. The molecule has 0 N–H and O–H groups in total. The van der Waals surface area contributed by atoms with Gasteiger partial charge in [0.15, 0.2) is 0 Å². The fourth-order valence-corrected chi connectivity index (χ4v) is 12.5. The number of rotatable bonds is 5. The minimum atomic E-state index is 0.882. The number of aromatic nitrogens is 1. The van der Waals surface area contributed by atoms with E-state index in [9.17, 15) is 0 Å². The van der Waals surface area contributed by atoms with E-state index >= 15 is 0 Å². The molecule has 14 aromatic rings. The van der Waals surface area contributed by atoms with E-state index in [1.807, 2.05) is 0 Å². The fraction of sp³-hybridized carbons (Fsp3) is 0. The summed E-state index contributed by atoms with van der Waals surface area (Å²) >= 11 is 0. The molecule has 0 fully saturated rings. The van der Waals surface area contributed by atoms with Gasteiger partial charge in [0.25, 0.3) is 0 Å². The molecule has 0 aliphatic carbocycles. The summed E-state index contributed by atoms with van der Waals surface area (Å²) in [4.78, 5) is 0. The molecule has 14 rings (SSSR count). The van der Waals surface area contributed by atoms with Crippen molar-refractivity contribution in [1.29, 1.82) is 0 Å². The van der Waals surface area contributed by atoms with Gasteiger partial charge < -0.3 is 8.98 Å². The van der Waals surface area contributed by atoms with Crippen LogP contribution in [0.4, 0.5) is 0 Å². The molecular weight excluding hydrogens is 853 g/mol. The topological polar surface area (TPSA) is 18.1 Å². The number of furan rings is 1. The summed E-state index contributed by atoms with van der Waals surface area (Å²) in [6.45, 7) is 0. The average Bonchev–Trinajstić information content (AvgIpc) is 3.98. The number of hydrogen-bond donors (Lipinski definition) is 0. The number of hydrogen-bond acceptors (Lipinski definition) is 1. The van der Waals surface area contributed by atoms with Crippen molar-refractivity contribution in [3.05, 3.63) is 206 Å². The van der Waals surface area contributed by atoms with Gasteiger partial charge in [-0.2, -0.15) is 0 Å². The molecule has 326 valence electrons. The van der Waals surface area contributed by atoms with Gasteiger partial charge >= 0.3 is 0 Å². The van der Waals surface area contributed by atoms with Crippen LogP contribution in [0.25, 0.3) is 137 Å². The van der Waals surface area contributed by atoms with Crippen LogP contribution in [-0.2, 0) is 0 Å². The number of fused-ring (bicyclic) bond motifs is 10. The predicted molar refractivity (Wildman–Crippen MR) is 321 cm³/mol. The quantitative estimate of drug-likeness (QED) is 0.125. The van der Waals surface area contributed by atoms with E-state index in [4.69, 9.17) is 4.42 Å². The fourth-order valence-electron chi connectivity index (χ4n) is 12.5. The van der Waals surface area contributed by atoms with Crippen molar-refractivity contribution in [1.82, 2.24) is 4.57 Å². The van der Waals surface area contributed by atoms with Crippen molar-refractivity contribution in [2.75, 3.05) is 0 Å². The van der Waals surface area contributed by atoms with Crippen molar-refractivity contribution in [3.8, 4) is 50.2 Å². The van der Waals surface area contributed by atoms with Gasteiger partial charge in [0.1, 0.15) is 50.4 Å². The lowest BCUT2D eigenvalue weighted by molar-refractivity contribution is 0.670. The highest BCUT2D eigenvalue weighted by Gasteiger charge is 2.25. The molecule has 0 atom stereocenters. The molecule has 0 radical (unpaired) electrons. The lowest BCUT2D eigenvalue weighted by Crippen LogP contribution is -2.55. The molecule has 2 aromatic heterocycles. The first kappa shape index (κ1) is 41.6. The summed E-state index contributed by atoms with van der Waals surface area (Å²) in [6, 6.07) is 75.9. The average molecular weight is 897 g/mol. The minimum Gasteiger partial charge on any atom is -0.455 e. The Morgan fingerprint density at radius 1 is 0.282 bits per heavy atom. The van der Waals surface area contributed by atoms with Gasteiger partial charge in [-0.1, -0.05) is 187 Å². The van der Waals surface area contributed by atoms with Crippen LogP contribution in [0.5, 0.6) is 0 Å². The second-order valence-electron chi connectivity index (χ2n) is 19.6. The van der Waals surface area contributed by atoms with E-state index in [1.54, 1.807) is 0 Å². The van der Waals surface area contributed by atoms with Crippen molar-refractivity contribution in [2.45, 2.75) is 0 Å². The van der Waals surface area contributed by atoms with E-state index in [-0.39, 0.29) is 0 Å². The van der Waals surface area contributed by atoms with Crippen molar-refractivity contribution >= 4 is 153 Å². The van der Waals surface area contributed by atoms with Gasteiger partial charge in [0, 0.05) is 38.4 Å². The molecule has 0 bridgehead atoms. The standard InChI is InChI=1S/C64H44B5NO/c65-59-58(60(66)62(68)63(69)61(59)67)57-45-23-7-5-21-43(45)54(44-22-6-8-24-46(44)57)47-25-14-30-52-56(47)49-27-13-26-48(64(49)71-52)55-41-19-3-1-17-39(41)53(40-18-2-4-20-42(40)55)35-31-33-36(34-32-35)70-50-28-11-9-15-37(50)38-16-10-12-29-51(38)70/h1-34H,65-69H2. The Hall–Kier alpha value is -8.40. The Balaban J connectivity index is 0.986. The third-order valence-electron chi connectivity index (χ3n) is 16.2. The molecule has 0 unspecified atom stereocenters. The first-order valence-electron chi connectivity index (χ1n) is 24.9. The molecule has 0 saturated carbocycles. The molecule has 2 nitrogen and oxygen atoms in total. The largest absolute Gasteiger partial charge is 0.455 e. The normalized spacial score (nSPS) is 11.9. The maximum absolute atomic E-state index is 7.21. The molecule has 0 amide bonds. The highest BCUT2D eigenvalue weighted by Crippen LogP contribution is 2.50. The molecule has 0 aliphatic rings. The second-order valence-corrected chi connectivity index (χ2v) is 19.6. The van der Waals surface area contributed by atoms with E-state index in [2.05, 4.69) is 250 Å². The zero-order valence-corrected chi connectivity index (χ0v) is 40.5. The third kappa shape index (κ3) is 5.96. The zero-order chi connectivity index (χ0) is 47.6. The van der Waals surface area contributed by atoms with Crippen LogP contribution in [0.15, 0.2) is 211 Å². The first-order chi connectivity index (χ1) is 34.9. The van der Waals surface area contributed by atoms with Crippen molar-refractivity contribution in [2.24, 2.45) is 0 Å². The monoisotopic (exact) mass is 897 g/mol. The summed E-state index contributed by atoms with van der Waals surface area (Å²) < 4.78 is 9.60. The van der Waals surface area contributed by atoms with Gasteiger partial charge in [-0.25, -0.2) is 0 Å². The van der Waals surface area contributed by atoms with Gasteiger partial charge in [0.05, 0.1) is 11.0 Å². The van der Waals surface area contributed by atoms with Gasteiger partial charge in [-0.15, -0.1) is 16.4 Å². The van der Waals surface area contributed by atoms with Crippen LogP contribution in [0.3, 0.4) is 0 Å². The smallest absolute Gasteiger partial charge is 0.143 e.